The number of carbonyl (C=O) groups is 2. The van der Waals surface area contributed by atoms with E-state index < -0.39 is 57.6 Å². The monoisotopic (exact) mass is 425 g/mol. The van der Waals surface area contributed by atoms with Crippen LogP contribution in [-0.2, 0) is 0 Å². The number of hydrogen-bond acceptors (Lipinski definition) is 6. The fourth-order valence-electron chi connectivity index (χ4n) is 3.28. The number of nitrogens with one attached hydrogen (secondary N) is 2. The number of rotatable bonds is 4. The number of nitrogens with zero attached hydrogens (tertiary/aromatic N) is 1. The lowest BCUT2D eigenvalue weighted by Gasteiger charge is -2.45. The summed E-state index contributed by atoms with van der Waals surface area (Å²) in [5.41, 5.74) is -5.35. The van der Waals surface area contributed by atoms with E-state index in [-0.39, 0.29) is 5.56 Å². The van der Waals surface area contributed by atoms with E-state index in [2.05, 4.69) is 5.32 Å². The van der Waals surface area contributed by atoms with Gasteiger partial charge in [0.05, 0.1) is 11.0 Å². The number of halogens is 3. The number of amides is 2. The highest BCUT2D eigenvalue weighted by Crippen LogP contribution is 2.46. The molecule has 4 N–H and O–H groups in total. The Bertz CT molecular complexity index is 1010. The van der Waals surface area contributed by atoms with Gasteiger partial charge in [-0.2, -0.15) is 13.2 Å². The number of non-ortho nitro benzene ring substituents is 1. The second kappa shape index (κ2) is 7.30. The number of aromatic hydroxyl groups is 1. The van der Waals surface area contributed by atoms with Crippen LogP contribution < -0.4 is 10.6 Å². The number of nitro benzene ring substituents is 1. The number of carbonyl (C=O) groups excluding carboxylic acids is 2. The lowest BCUT2D eigenvalue weighted by atomic mass is 9.77. The molecule has 1 saturated heterocycles. The first-order valence-electron chi connectivity index (χ1n) is 8.40. The van der Waals surface area contributed by atoms with E-state index in [9.17, 15) is 43.1 Å². The molecule has 30 heavy (non-hydrogen) atoms. The maximum atomic E-state index is 13.8. The molecule has 2 aromatic rings. The number of aliphatic hydroxyl groups is 1. The summed E-state index contributed by atoms with van der Waals surface area (Å²) in [6.07, 6.45) is -5.49. The van der Waals surface area contributed by atoms with Crippen LogP contribution in [0.1, 0.15) is 22.0 Å². The SMILES string of the molecule is O=C1NC(c2cc([N+](=O)[O-])ccc2O)C(C(=O)c2ccccc2)C(O)(C(F)(F)F)N1. The van der Waals surface area contributed by atoms with Gasteiger partial charge < -0.3 is 20.8 Å². The summed E-state index contributed by atoms with van der Waals surface area (Å²) in [5, 5.41) is 35.0. The van der Waals surface area contributed by atoms with Crippen molar-refractivity contribution in [1.29, 1.82) is 0 Å². The van der Waals surface area contributed by atoms with Crippen molar-refractivity contribution in [2.45, 2.75) is 17.9 Å². The summed E-state index contributed by atoms with van der Waals surface area (Å²) in [5.74, 6) is -4.33. The number of urea groups is 1. The molecule has 0 spiro atoms. The lowest BCUT2D eigenvalue weighted by molar-refractivity contribution is -0.385. The molecule has 12 heteroatoms. The van der Waals surface area contributed by atoms with Gasteiger partial charge in [-0.3, -0.25) is 14.9 Å². The van der Waals surface area contributed by atoms with Crippen molar-refractivity contribution in [2.75, 3.05) is 0 Å². The molecule has 1 heterocycles. The molecule has 158 valence electrons. The van der Waals surface area contributed by atoms with E-state index in [0.717, 1.165) is 18.2 Å². The molecule has 1 aliphatic rings. The van der Waals surface area contributed by atoms with Crippen molar-refractivity contribution in [3.8, 4) is 5.75 Å². The van der Waals surface area contributed by atoms with Crippen LogP contribution in [0.15, 0.2) is 48.5 Å². The molecule has 9 nitrogen and oxygen atoms in total. The Kier molecular flexibility index (Phi) is 5.12. The zero-order valence-corrected chi connectivity index (χ0v) is 14.9. The van der Waals surface area contributed by atoms with E-state index in [4.69, 9.17) is 0 Å². The molecule has 0 saturated carbocycles. The van der Waals surface area contributed by atoms with Crippen LogP contribution in [0.5, 0.6) is 5.75 Å². The first-order valence-corrected chi connectivity index (χ1v) is 8.40. The molecule has 0 radical (unpaired) electrons. The van der Waals surface area contributed by atoms with Gasteiger partial charge in [-0.25, -0.2) is 4.79 Å². The lowest BCUT2D eigenvalue weighted by Crippen LogP contribution is -2.72. The van der Waals surface area contributed by atoms with Crippen LogP contribution in [-0.4, -0.2) is 38.9 Å². The van der Waals surface area contributed by atoms with Gasteiger partial charge in [0, 0.05) is 23.3 Å². The minimum Gasteiger partial charge on any atom is -0.508 e. The quantitative estimate of drug-likeness (QED) is 0.337. The summed E-state index contributed by atoms with van der Waals surface area (Å²) in [4.78, 5) is 35.1. The fraction of sp³-hybridized carbons (Fsp3) is 0.222. The van der Waals surface area contributed by atoms with E-state index in [1.807, 2.05) is 0 Å². The fourth-order valence-corrected chi connectivity index (χ4v) is 3.28. The summed E-state index contributed by atoms with van der Waals surface area (Å²) in [6.45, 7) is 0. The molecule has 1 aliphatic heterocycles. The average Bonchev–Trinajstić information content (AvgIpc) is 2.67. The molecule has 2 amide bonds. The maximum absolute atomic E-state index is 13.8. The molecule has 2 aromatic carbocycles. The summed E-state index contributed by atoms with van der Waals surface area (Å²) < 4.78 is 41.4. The first kappa shape index (κ1) is 21.0. The van der Waals surface area contributed by atoms with Crippen LogP contribution in [0, 0.1) is 16.0 Å². The van der Waals surface area contributed by atoms with Crippen LogP contribution in [0.3, 0.4) is 0 Å². The Labute approximate surface area is 166 Å². The third-order valence-electron chi connectivity index (χ3n) is 4.70. The first-order chi connectivity index (χ1) is 14.0. The predicted octanol–water partition coefficient (Wildman–Crippen LogP) is 2.40. The average molecular weight is 425 g/mol. The Morgan fingerprint density at radius 1 is 1.17 bits per heavy atom. The van der Waals surface area contributed by atoms with Crippen LogP contribution in [0.4, 0.5) is 23.7 Å². The van der Waals surface area contributed by atoms with E-state index in [1.54, 1.807) is 0 Å². The van der Waals surface area contributed by atoms with Gasteiger partial charge >= 0.3 is 12.2 Å². The highest BCUT2D eigenvalue weighted by atomic mass is 19.4. The normalized spacial score (nSPS) is 23.9. The maximum Gasteiger partial charge on any atom is 0.437 e. The topological polar surface area (TPSA) is 142 Å². The van der Waals surface area contributed by atoms with Crippen LogP contribution in [0.2, 0.25) is 0 Å². The Hall–Kier alpha value is -3.67. The molecular weight excluding hydrogens is 411 g/mol. The van der Waals surface area contributed by atoms with Crippen molar-refractivity contribution in [1.82, 2.24) is 10.6 Å². The molecule has 0 aliphatic carbocycles. The summed E-state index contributed by atoms with van der Waals surface area (Å²) in [7, 11) is 0. The summed E-state index contributed by atoms with van der Waals surface area (Å²) in [6, 6.07) is 5.75. The van der Waals surface area contributed by atoms with Crippen LogP contribution >= 0.6 is 0 Å². The number of alkyl halides is 3. The van der Waals surface area contributed by atoms with Crippen molar-refractivity contribution < 1.29 is 37.9 Å². The Balaban J connectivity index is 2.23. The van der Waals surface area contributed by atoms with Gasteiger partial charge in [0.2, 0.25) is 5.72 Å². The number of hydrogen-bond donors (Lipinski definition) is 4. The third kappa shape index (κ3) is 3.52. The molecular formula is C18H14F3N3O6. The smallest absolute Gasteiger partial charge is 0.437 e. The predicted molar refractivity (Wildman–Crippen MR) is 94.4 cm³/mol. The standard InChI is InChI=1S/C18H14F3N3O6/c19-18(20,21)17(28)13(15(26)9-4-2-1-3-5-9)14(22-16(27)23-17)11-8-10(24(29)30)6-7-12(11)25/h1-8,13-14,25,28H,(H2,22,23,27). The van der Waals surface area contributed by atoms with Crippen molar-refractivity contribution >= 4 is 17.5 Å². The number of phenols is 1. The van der Waals surface area contributed by atoms with Gasteiger partial charge in [0.25, 0.3) is 5.69 Å². The molecule has 1 fully saturated rings. The van der Waals surface area contributed by atoms with Gasteiger partial charge in [-0.1, -0.05) is 30.3 Å². The van der Waals surface area contributed by atoms with E-state index in [0.29, 0.717) is 0 Å². The van der Waals surface area contributed by atoms with Crippen molar-refractivity contribution in [2.24, 2.45) is 5.92 Å². The zero-order valence-electron chi connectivity index (χ0n) is 14.9. The van der Waals surface area contributed by atoms with E-state index >= 15 is 0 Å². The highest BCUT2D eigenvalue weighted by Gasteiger charge is 2.66. The van der Waals surface area contributed by atoms with Crippen LogP contribution in [0.25, 0.3) is 0 Å². The largest absolute Gasteiger partial charge is 0.508 e. The number of Topliss-reactive ketones (excluding diaryl/α,β-unsaturated/α-hetero) is 1. The Morgan fingerprint density at radius 2 is 1.80 bits per heavy atom. The van der Waals surface area contributed by atoms with Crippen molar-refractivity contribution in [3.05, 3.63) is 69.8 Å². The summed E-state index contributed by atoms with van der Waals surface area (Å²) >= 11 is 0. The molecule has 0 aromatic heterocycles. The molecule has 3 rings (SSSR count). The van der Waals surface area contributed by atoms with Gasteiger partial charge in [0.15, 0.2) is 5.78 Å². The Morgan fingerprint density at radius 3 is 2.37 bits per heavy atom. The second-order valence-corrected chi connectivity index (χ2v) is 6.55. The second-order valence-electron chi connectivity index (χ2n) is 6.55. The number of benzene rings is 2. The highest BCUT2D eigenvalue weighted by molar-refractivity contribution is 6.00. The molecule has 3 atom stereocenters. The number of nitro groups is 1. The minimum atomic E-state index is -5.49. The number of phenolic OH excluding ortho intramolecular Hbond substituents is 1. The van der Waals surface area contributed by atoms with Crippen molar-refractivity contribution in [3.63, 3.8) is 0 Å². The minimum absolute atomic E-state index is 0.210. The van der Waals surface area contributed by atoms with Gasteiger partial charge in [-0.05, 0) is 6.07 Å². The third-order valence-corrected chi connectivity index (χ3v) is 4.70. The van der Waals surface area contributed by atoms with E-state index in [1.165, 1.54) is 35.6 Å². The number of ketones is 1. The molecule has 0 bridgehead atoms. The zero-order chi connectivity index (χ0) is 22.3. The van der Waals surface area contributed by atoms with Gasteiger partial charge in [0.1, 0.15) is 11.7 Å². The molecule has 3 unspecified atom stereocenters. The van der Waals surface area contributed by atoms with Gasteiger partial charge in [-0.15, -0.1) is 0 Å².